The third kappa shape index (κ3) is 5.59. The molecule has 0 saturated heterocycles. The second-order valence-electron chi connectivity index (χ2n) is 4.82. The third-order valence-electron chi connectivity index (χ3n) is 3.07. The second kappa shape index (κ2) is 8.29. The van der Waals surface area contributed by atoms with Crippen LogP contribution in [-0.4, -0.2) is 30.1 Å². The Morgan fingerprint density at radius 2 is 2.00 bits per heavy atom. The Morgan fingerprint density at radius 3 is 2.67 bits per heavy atom. The molecule has 3 nitrogen and oxygen atoms in total. The summed E-state index contributed by atoms with van der Waals surface area (Å²) in [6.07, 6.45) is 0.579. The van der Waals surface area contributed by atoms with Crippen molar-refractivity contribution in [2.75, 3.05) is 13.1 Å². The smallest absolute Gasteiger partial charge is 0.174 e. The number of Topliss-reactive ketones (excluding diaryl/α,β-unsaturated/α-hetero) is 1. The monoisotopic (exact) mass is 323 g/mol. The number of aliphatic hydroxyl groups is 1. The molecule has 0 bridgehead atoms. The molecule has 0 spiro atoms. The third-order valence-corrected chi connectivity index (χ3v) is 4.34. The summed E-state index contributed by atoms with van der Waals surface area (Å²) in [6, 6.07) is 13.3. The standard InChI is InChI=1S/C16H18ClNO2S/c17-16-7-6-15(21-16)14(20)8-9-18-11-13(19)10-12-4-2-1-3-5-12/h1-7,13,18-19H,8-11H2. The van der Waals surface area contributed by atoms with E-state index in [9.17, 15) is 9.90 Å². The van der Waals surface area contributed by atoms with Crippen LogP contribution < -0.4 is 5.32 Å². The molecule has 0 aliphatic heterocycles. The van der Waals surface area contributed by atoms with E-state index in [1.165, 1.54) is 11.3 Å². The molecule has 0 aliphatic rings. The molecule has 1 atom stereocenters. The lowest BCUT2D eigenvalue weighted by Gasteiger charge is -2.11. The maximum atomic E-state index is 11.8. The molecule has 0 radical (unpaired) electrons. The molecular formula is C16H18ClNO2S. The van der Waals surface area contributed by atoms with Gasteiger partial charge in [0.25, 0.3) is 0 Å². The number of hydrogen-bond donors (Lipinski definition) is 2. The Balaban J connectivity index is 1.64. The minimum atomic E-state index is -0.446. The van der Waals surface area contributed by atoms with Crippen molar-refractivity contribution in [3.05, 3.63) is 57.2 Å². The topological polar surface area (TPSA) is 49.3 Å². The van der Waals surface area contributed by atoms with E-state index in [1.807, 2.05) is 30.3 Å². The van der Waals surface area contributed by atoms with Crippen LogP contribution in [0.25, 0.3) is 0 Å². The zero-order valence-electron chi connectivity index (χ0n) is 11.6. The number of hydrogen-bond acceptors (Lipinski definition) is 4. The molecule has 1 aromatic carbocycles. The molecule has 1 heterocycles. The summed E-state index contributed by atoms with van der Waals surface area (Å²) in [5.74, 6) is 0.0805. The Kier molecular flexibility index (Phi) is 6.39. The van der Waals surface area contributed by atoms with Gasteiger partial charge in [0, 0.05) is 19.5 Å². The van der Waals surface area contributed by atoms with Crippen molar-refractivity contribution in [1.82, 2.24) is 5.32 Å². The first-order valence-corrected chi connectivity index (χ1v) is 8.06. The Bertz CT molecular complexity index is 571. The van der Waals surface area contributed by atoms with Crippen LogP contribution in [0.4, 0.5) is 0 Å². The van der Waals surface area contributed by atoms with Crippen LogP contribution in [0, 0.1) is 0 Å². The number of carbonyl (C=O) groups is 1. The highest BCUT2D eigenvalue weighted by molar-refractivity contribution is 7.18. The first kappa shape index (κ1) is 16.2. The summed E-state index contributed by atoms with van der Waals surface area (Å²) in [6.45, 7) is 1.04. The molecule has 21 heavy (non-hydrogen) atoms. The van der Waals surface area contributed by atoms with E-state index < -0.39 is 6.10 Å². The van der Waals surface area contributed by atoms with Gasteiger partial charge in [-0.25, -0.2) is 0 Å². The first-order chi connectivity index (χ1) is 10.1. The number of rotatable bonds is 8. The summed E-state index contributed by atoms with van der Waals surface area (Å²) >= 11 is 7.10. The Morgan fingerprint density at radius 1 is 1.24 bits per heavy atom. The number of aliphatic hydroxyl groups excluding tert-OH is 1. The summed E-state index contributed by atoms with van der Waals surface area (Å²) in [5, 5.41) is 13.0. The lowest BCUT2D eigenvalue weighted by molar-refractivity contribution is 0.0983. The normalized spacial score (nSPS) is 12.3. The molecule has 0 saturated carbocycles. The maximum Gasteiger partial charge on any atom is 0.174 e. The minimum Gasteiger partial charge on any atom is -0.391 e. The van der Waals surface area contributed by atoms with Crippen molar-refractivity contribution < 1.29 is 9.90 Å². The number of thiophene rings is 1. The summed E-state index contributed by atoms with van der Waals surface area (Å²) in [5.41, 5.74) is 1.11. The van der Waals surface area contributed by atoms with Gasteiger partial charge < -0.3 is 10.4 Å². The molecule has 5 heteroatoms. The van der Waals surface area contributed by atoms with Gasteiger partial charge in [-0.15, -0.1) is 11.3 Å². The number of carbonyl (C=O) groups excluding carboxylic acids is 1. The van der Waals surface area contributed by atoms with Gasteiger partial charge >= 0.3 is 0 Å². The van der Waals surface area contributed by atoms with Gasteiger partial charge in [-0.2, -0.15) is 0 Å². The van der Waals surface area contributed by atoms with Gasteiger partial charge in [0.1, 0.15) is 0 Å². The average Bonchev–Trinajstić information content (AvgIpc) is 2.91. The van der Waals surface area contributed by atoms with Crippen molar-refractivity contribution in [2.24, 2.45) is 0 Å². The second-order valence-corrected chi connectivity index (χ2v) is 6.54. The number of benzene rings is 1. The van der Waals surface area contributed by atoms with Gasteiger partial charge in [0.05, 0.1) is 15.3 Å². The number of halogens is 1. The maximum absolute atomic E-state index is 11.8. The number of nitrogens with one attached hydrogen (secondary N) is 1. The van der Waals surface area contributed by atoms with E-state index in [4.69, 9.17) is 11.6 Å². The lowest BCUT2D eigenvalue weighted by atomic mass is 10.1. The molecule has 0 fully saturated rings. The molecule has 0 amide bonds. The van der Waals surface area contributed by atoms with Gasteiger partial charge in [0.15, 0.2) is 5.78 Å². The van der Waals surface area contributed by atoms with Crippen LogP contribution >= 0.6 is 22.9 Å². The summed E-state index contributed by atoms with van der Waals surface area (Å²) in [4.78, 5) is 12.5. The van der Waals surface area contributed by atoms with E-state index >= 15 is 0 Å². The van der Waals surface area contributed by atoms with Crippen LogP contribution in [0.5, 0.6) is 0 Å². The Labute approximate surface area is 133 Å². The van der Waals surface area contributed by atoms with Crippen LogP contribution in [0.2, 0.25) is 4.34 Å². The quantitative estimate of drug-likeness (QED) is 0.579. The SMILES string of the molecule is O=C(CCNCC(O)Cc1ccccc1)c1ccc(Cl)s1. The van der Waals surface area contributed by atoms with Crippen molar-refractivity contribution in [3.63, 3.8) is 0 Å². The highest BCUT2D eigenvalue weighted by Gasteiger charge is 2.09. The molecule has 0 aliphatic carbocycles. The molecule has 2 N–H and O–H groups in total. The van der Waals surface area contributed by atoms with Crippen molar-refractivity contribution in [2.45, 2.75) is 18.9 Å². The summed E-state index contributed by atoms with van der Waals surface area (Å²) < 4.78 is 0.629. The summed E-state index contributed by atoms with van der Waals surface area (Å²) in [7, 11) is 0. The van der Waals surface area contributed by atoms with E-state index in [0.717, 1.165) is 5.56 Å². The van der Waals surface area contributed by atoms with Crippen LogP contribution in [0.15, 0.2) is 42.5 Å². The van der Waals surface area contributed by atoms with Crippen LogP contribution in [0.3, 0.4) is 0 Å². The van der Waals surface area contributed by atoms with Crippen molar-refractivity contribution in [3.8, 4) is 0 Å². The number of ketones is 1. The molecule has 2 rings (SSSR count). The van der Waals surface area contributed by atoms with Crippen LogP contribution in [0.1, 0.15) is 21.7 Å². The highest BCUT2D eigenvalue weighted by Crippen LogP contribution is 2.22. The van der Waals surface area contributed by atoms with Crippen molar-refractivity contribution >= 4 is 28.7 Å². The van der Waals surface area contributed by atoms with Gasteiger partial charge in [-0.1, -0.05) is 41.9 Å². The largest absolute Gasteiger partial charge is 0.391 e. The molecule has 2 aromatic rings. The zero-order valence-corrected chi connectivity index (χ0v) is 13.2. The minimum absolute atomic E-state index is 0.0805. The fraction of sp³-hybridized carbons (Fsp3) is 0.312. The van der Waals surface area contributed by atoms with Crippen LogP contribution in [-0.2, 0) is 6.42 Å². The molecular weight excluding hydrogens is 306 g/mol. The van der Waals surface area contributed by atoms with Crippen molar-refractivity contribution in [1.29, 1.82) is 0 Å². The fourth-order valence-electron chi connectivity index (χ4n) is 2.02. The average molecular weight is 324 g/mol. The molecule has 112 valence electrons. The lowest BCUT2D eigenvalue weighted by Crippen LogP contribution is -2.29. The zero-order chi connectivity index (χ0) is 15.1. The predicted molar refractivity (Wildman–Crippen MR) is 87.3 cm³/mol. The fourth-order valence-corrected chi connectivity index (χ4v) is 3.03. The van der Waals surface area contributed by atoms with E-state index in [0.29, 0.717) is 35.1 Å². The predicted octanol–water partition coefficient (Wildman–Crippen LogP) is 3.17. The first-order valence-electron chi connectivity index (χ1n) is 6.86. The van der Waals surface area contributed by atoms with Gasteiger partial charge in [0.2, 0.25) is 0 Å². The molecule has 1 aromatic heterocycles. The van der Waals surface area contributed by atoms with E-state index in [2.05, 4.69) is 5.32 Å². The van der Waals surface area contributed by atoms with Gasteiger partial charge in [-0.05, 0) is 24.1 Å². The van der Waals surface area contributed by atoms with Gasteiger partial charge in [-0.3, -0.25) is 4.79 Å². The van der Waals surface area contributed by atoms with E-state index in [-0.39, 0.29) is 5.78 Å². The molecule has 1 unspecified atom stereocenters. The highest BCUT2D eigenvalue weighted by atomic mass is 35.5. The van der Waals surface area contributed by atoms with E-state index in [1.54, 1.807) is 12.1 Å². The Hall–Kier alpha value is -1.20.